The Balaban J connectivity index is 1.67. The minimum absolute atomic E-state index is 0.247. The van der Waals surface area contributed by atoms with Crippen LogP contribution in [0.1, 0.15) is 18.9 Å². The zero-order valence-corrected chi connectivity index (χ0v) is 10.8. The lowest BCUT2D eigenvalue weighted by Gasteiger charge is -2.24. The van der Waals surface area contributed by atoms with Gasteiger partial charge < -0.3 is 15.4 Å². The van der Waals surface area contributed by atoms with Crippen LogP contribution in [0.15, 0.2) is 24.3 Å². The van der Waals surface area contributed by atoms with Gasteiger partial charge in [0.2, 0.25) is 0 Å². The molecule has 3 heteroatoms. The average molecular weight is 234 g/mol. The van der Waals surface area contributed by atoms with Crippen molar-refractivity contribution in [2.45, 2.75) is 25.8 Å². The first kappa shape index (κ1) is 12.4. The summed E-state index contributed by atoms with van der Waals surface area (Å²) in [6.45, 7) is 8.13. The summed E-state index contributed by atoms with van der Waals surface area (Å²) in [6.07, 6.45) is 1.19. The van der Waals surface area contributed by atoms with E-state index in [4.69, 9.17) is 4.74 Å². The van der Waals surface area contributed by atoms with Crippen molar-refractivity contribution in [3.63, 3.8) is 0 Å². The molecule has 2 rings (SSSR count). The van der Waals surface area contributed by atoms with Crippen molar-refractivity contribution >= 4 is 0 Å². The molecule has 1 unspecified atom stereocenters. The molecule has 0 aliphatic carbocycles. The lowest BCUT2D eigenvalue weighted by atomic mass is 10.0. The quantitative estimate of drug-likeness (QED) is 0.761. The molecule has 2 N–H and O–H groups in total. The topological polar surface area (TPSA) is 33.3 Å². The van der Waals surface area contributed by atoms with Gasteiger partial charge in [-0.15, -0.1) is 0 Å². The SMILES string of the molecule is Cc1ccc(OCCNC2(C)CCNC2)cc1. The third-order valence-electron chi connectivity index (χ3n) is 3.31. The summed E-state index contributed by atoms with van der Waals surface area (Å²) in [7, 11) is 0. The summed E-state index contributed by atoms with van der Waals surface area (Å²) >= 11 is 0. The third kappa shape index (κ3) is 3.72. The van der Waals surface area contributed by atoms with E-state index in [0.29, 0.717) is 0 Å². The van der Waals surface area contributed by atoms with Crippen molar-refractivity contribution in [3.8, 4) is 5.75 Å². The highest BCUT2D eigenvalue weighted by atomic mass is 16.5. The van der Waals surface area contributed by atoms with E-state index in [1.54, 1.807) is 0 Å². The van der Waals surface area contributed by atoms with E-state index in [1.165, 1.54) is 12.0 Å². The van der Waals surface area contributed by atoms with Gasteiger partial charge in [0.1, 0.15) is 12.4 Å². The van der Waals surface area contributed by atoms with Crippen molar-refractivity contribution in [1.29, 1.82) is 0 Å². The van der Waals surface area contributed by atoms with Gasteiger partial charge in [-0.3, -0.25) is 0 Å². The van der Waals surface area contributed by atoms with E-state index in [1.807, 2.05) is 12.1 Å². The van der Waals surface area contributed by atoms with Crippen LogP contribution in [0.3, 0.4) is 0 Å². The van der Waals surface area contributed by atoms with Gasteiger partial charge >= 0.3 is 0 Å². The minimum atomic E-state index is 0.247. The van der Waals surface area contributed by atoms with Crippen molar-refractivity contribution in [2.24, 2.45) is 0 Å². The highest BCUT2D eigenvalue weighted by molar-refractivity contribution is 5.26. The second kappa shape index (κ2) is 5.52. The van der Waals surface area contributed by atoms with E-state index >= 15 is 0 Å². The molecule has 1 aliphatic heterocycles. The highest BCUT2D eigenvalue weighted by Crippen LogP contribution is 2.13. The molecule has 1 fully saturated rings. The number of ether oxygens (including phenoxy) is 1. The van der Waals surface area contributed by atoms with Crippen LogP contribution in [0.5, 0.6) is 5.75 Å². The molecule has 3 nitrogen and oxygen atoms in total. The predicted octanol–water partition coefficient (Wildman–Crippen LogP) is 1.72. The van der Waals surface area contributed by atoms with Crippen LogP contribution in [0.25, 0.3) is 0 Å². The molecule has 1 heterocycles. The Morgan fingerprint density at radius 3 is 2.76 bits per heavy atom. The molecule has 0 saturated carbocycles. The third-order valence-corrected chi connectivity index (χ3v) is 3.31. The molecule has 1 saturated heterocycles. The van der Waals surface area contributed by atoms with Crippen molar-refractivity contribution in [3.05, 3.63) is 29.8 Å². The van der Waals surface area contributed by atoms with Gasteiger partial charge in [-0.25, -0.2) is 0 Å². The lowest BCUT2D eigenvalue weighted by Crippen LogP contribution is -2.45. The summed E-state index contributed by atoms with van der Waals surface area (Å²) in [4.78, 5) is 0. The normalized spacial score (nSPS) is 23.9. The molecule has 0 radical (unpaired) electrons. The summed E-state index contributed by atoms with van der Waals surface area (Å²) in [5.74, 6) is 0.951. The zero-order chi connectivity index (χ0) is 12.1. The molecule has 17 heavy (non-hydrogen) atoms. The van der Waals surface area contributed by atoms with Crippen LogP contribution in [-0.2, 0) is 0 Å². The van der Waals surface area contributed by atoms with E-state index in [2.05, 4.69) is 36.6 Å². The number of hydrogen-bond acceptors (Lipinski definition) is 3. The van der Waals surface area contributed by atoms with Crippen LogP contribution in [-0.4, -0.2) is 31.8 Å². The number of rotatable bonds is 5. The fourth-order valence-electron chi connectivity index (χ4n) is 2.12. The number of hydrogen-bond donors (Lipinski definition) is 2. The number of aryl methyl sites for hydroxylation is 1. The highest BCUT2D eigenvalue weighted by Gasteiger charge is 2.27. The van der Waals surface area contributed by atoms with E-state index in [0.717, 1.165) is 32.0 Å². The maximum Gasteiger partial charge on any atom is 0.119 e. The summed E-state index contributed by atoms with van der Waals surface area (Å²) < 4.78 is 5.68. The fourth-order valence-corrected chi connectivity index (χ4v) is 2.12. The molecule has 1 aromatic carbocycles. The molecule has 0 amide bonds. The Hall–Kier alpha value is -1.06. The van der Waals surface area contributed by atoms with Gasteiger partial charge in [0.15, 0.2) is 0 Å². The zero-order valence-electron chi connectivity index (χ0n) is 10.8. The molecule has 94 valence electrons. The van der Waals surface area contributed by atoms with Gasteiger partial charge in [0, 0.05) is 18.6 Å². The average Bonchev–Trinajstić information content (AvgIpc) is 2.74. The molecule has 0 bridgehead atoms. The molecule has 0 spiro atoms. The first-order valence-electron chi connectivity index (χ1n) is 6.33. The van der Waals surface area contributed by atoms with E-state index < -0.39 is 0 Å². The first-order valence-corrected chi connectivity index (χ1v) is 6.33. The molecule has 0 aromatic heterocycles. The van der Waals surface area contributed by atoms with Gasteiger partial charge in [-0.05, 0) is 38.9 Å². The number of nitrogens with one attached hydrogen (secondary N) is 2. The molecule has 1 aromatic rings. The van der Waals surface area contributed by atoms with E-state index in [9.17, 15) is 0 Å². The summed E-state index contributed by atoms with van der Waals surface area (Å²) in [5, 5.41) is 6.93. The standard InChI is InChI=1S/C14H22N2O/c1-12-3-5-13(6-4-12)17-10-9-16-14(2)7-8-15-11-14/h3-6,15-16H,7-11H2,1-2H3. The van der Waals surface area contributed by atoms with Crippen molar-refractivity contribution < 1.29 is 4.74 Å². The summed E-state index contributed by atoms with van der Waals surface area (Å²) in [6, 6.07) is 8.19. The Morgan fingerprint density at radius 2 is 2.12 bits per heavy atom. The Labute approximate surface area is 104 Å². The first-order chi connectivity index (χ1) is 8.18. The van der Waals surface area contributed by atoms with Gasteiger partial charge in [-0.2, -0.15) is 0 Å². The largest absolute Gasteiger partial charge is 0.492 e. The second-order valence-electron chi connectivity index (χ2n) is 5.08. The summed E-state index contributed by atoms with van der Waals surface area (Å²) in [5.41, 5.74) is 1.51. The Bertz CT molecular complexity index is 342. The monoisotopic (exact) mass is 234 g/mol. The van der Waals surface area contributed by atoms with Crippen LogP contribution in [0.4, 0.5) is 0 Å². The molecule has 1 aliphatic rings. The fraction of sp³-hybridized carbons (Fsp3) is 0.571. The maximum absolute atomic E-state index is 5.68. The Morgan fingerprint density at radius 1 is 1.35 bits per heavy atom. The molecular formula is C14H22N2O. The van der Waals surface area contributed by atoms with Crippen LogP contribution < -0.4 is 15.4 Å². The predicted molar refractivity (Wildman–Crippen MR) is 70.6 cm³/mol. The van der Waals surface area contributed by atoms with E-state index in [-0.39, 0.29) is 5.54 Å². The van der Waals surface area contributed by atoms with Crippen LogP contribution in [0, 0.1) is 6.92 Å². The molecule has 1 atom stereocenters. The molecular weight excluding hydrogens is 212 g/mol. The Kier molecular flexibility index (Phi) is 4.02. The lowest BCUT2D eigenvalue weighted by molar-refractivity contribution is 0.283. The van der Waals surface area contributed by atoms with Crippen LogP contribution >= 0.6 is 0 Å². The second-order valence-corrected chi connectivity index (χ2v) is 5.08. The van der Waals surface area contributed by atoms with Gasteiger partial charge in [-0.1, -0.05) is 17.7 Å². The van der Waals surface area contributed by atoms with Crippen molar-refractivity contribution in [1.82, 2.24) is 10.6 Å². The maximum atomic E-state index is 5.68. The smallest absolute Gasteiger partial charge is 0.119 e. The van der Waals surface area contributed by atoms with Gasteiger partial charge in [0.25, 0.3) is 0 Å². The van der Waals surface area contributed by atoms with Crippen molar-refractivity contribution in [2.75, 3.05) is 26.2 Å². The minimum Gasteiger partial charge on any atom is -0.492 e. The van der Waals surface area contributed by atoms with Crippen LogP contribution in [0.2, 0.25) is 0 Å². The van der Waals surface area contributed by atoms with Gasteiger partial charge in [0.05, 0.1) is 0 Å². The number of benzene rings is 1.